The van der Waals surface area contributed by atoms with Crippen LogP contribution in [0.3, 0.4) is 0 Å². The zero-order chi connectivity index (χ0) is 105. The average Bonchev–Trinajstić information content (AvgIpc) is 1.23. The van der Waals surface area contributed by atoms with Gasteiger partial charge in [0.25, 0.3) is 30.1 Å². The third-order valence-electron chi connectivity index (χ3n) is 25.8. The minimum Gasteiger partial charge on any atom is -0.508 e. The molecule has 0 aliphatic carbocycles. The Hall–Kier alpha value is -16.8. The van der Waals surface area contributed by atoms with Crippen LogP contribution in [0.1, 0.15) is 54.1 Å². The normalized spacial score (nSPS) is 14.5. The first-order chi connectivity index (χ1) is 71.7. The number of sulfonamides is 3. The van der Waals surface area contributed by atoms with E-state index in [4.69, 9.17) is 52.1 Å². The molecule has 32 heteroatoms. The fourth-order valence-electron chi connectivity index (χ4n) is 18.4. The fraction of sp³-hybridized carbons (Fsp3) is 0.162. The number of phenols is 4. The summed E-state index contributed by atoms with van der Waals surface area (Å²) in [5, 5.41) is 37.9. The number of ketones is 2. The third kappa shape index (κ3) is 22.3. The van der Waals surface area contributed by atoms with Crippen molar-refractivity contribution in [2.75, 3.05) is 105 Å². The Morgan fingerprint density at radius 3 is 1.26 bits per heavy atom. The van der Waals surface area contributed by atoms with E-state index in [9.17, 15) is 59.5 Å². The Labute approximate surface area is 866 Å². The van der Waals surface area contributed by atoms with Gasteiger partial charge >= 0.3 is 0 Å². The summed E-state index contributed by atoms with van der Waals surface area (Å²) in [6.45, 7) is 6.60. The van der Waals surface area contributed by atoms with Gasteiger partial charge < -0.3 is 72.5 Å². The molecule has 0 saturated heterocycles. The second-order valence-electron chi connectivity index (χ2n) is 35.3. The number of rotatable bonds is 8. The number of nitrogens with one attached hydrogen (secondary N) is 2. The second-order valence-corrected chi connectivity index (χ2v) is 42.0. The minimum absolute atomic E-state index is 0.00685. The molecule has 0 amide bonds. The maximum atomic E-state index is 12.3. The van der Waals surface area contributed by atoms with Crippen molar-refractivity contribution in [2.24, 2.45) is 0 Å². The van der Waals surface area contributed by atoms with Gasteiger partial charge in [-0.05, 0) is 270 Å². The van der Waals surface area contributed by atoms with E-state index in [-0.39, 0.29) is 57.6 Å². The summed E-state index contributed by atoms with van der Waals surface area (Å²) in [4.78, 5) is 28.1. The molecule has 0 fully saturated rings. The number of fused-ring (bicyclic) bond motifs is 24. The number of hydrogen-bond donors (Lipinski definition) is 6. The number of aryl methyl sites for hydroxylation is 2. The molecule has 149 heavy (non-hydrogen) atoms. The van der Waals surface area contributed by atoms with Crippen LogP contribution in [0.15, 0.2) is 323 Å². The first-order valence-corrected chi connectivity index (χ1v) is 52.6. The van der Waals surface area contributed by atoms with Crippen LogP contribution in [0, 0.1) is 13.8 Å². The Kier molecular flexibility index (Phi) is 30.8. The standard InChI is InChI=1S/C17H19NO2.C16H14O4.C15H14O3S.C15H12O3.C15H14O2.C14H13NO4S.C13H11NO3S.C12H9NO3S/c1-18-10-12-8-14(19-2)4-6-16(12)17-7-5-15(20-3)9-13(17)11-18;1-18-10-3-5-12-13-6-4-11(19-2)8-16(13)20-9-15(17)14(12)7-10;1-17-11-3-5-13-10(7-11)9-19(16)15-8-12(18-2)4-6-14(13)15;1-9-2-4-12-11-5-3-10(16)7-13(11)14(17)8-18-15(12)6-9;1-10-2-4-13-11(8-10)6-7-17-15-9-12(16)3-5-14(13)15;1-18-9-3-5-11-12-6-4-10(19-2)8-14(12)20(16,17)15-13(11)7-9;1-14-12-8-9(15)6-7-10(12)11-4-2-3-5-13(11)18(14,16)17;14-8-5-6-9-10-3-1-2-4-12(10)17(15,16)13-11(9)7-8/h4-9H,10-11H2,1-3H3;3-8H,9H2,1-2H3;3-8H,9H2,1-2H3;2-7,16H,8H2,1H3;2-5,8-9,16H,6-7H2,1H3;3-8,15H,1-2H3;2-8,15H,1H3;1-7,13-14H/t;;19-;;;;;/m..0...../s1. The second kappa shape index (κ2) is 44.3. The molecule has 16 aromatic carbocycles. The van der Waals surface area contributed by atoms with Gasteiger partial charge in [0, 0.05) is 124 Å². The van der Waals surface area contributed by atoms with Crippen LogP contribution in [0.2, 0.25) is 0 Å². The predicted octanol–water partition coefficient (Wildman–Crippen LogP) is 22.4. The number of carbonyl (C=O) groups excluding carboxylic acids is 2. The highest BCUT2D eigenvalue weighted by molar-refractivity contribution is 7.93. The first kappa shape index (κ1) is 104. The van der Waals surface area contributed by atoms with Gasteiger partial charge in [-0.1, -0.05) is 90.5 Å². The predicted molar refractivity (Wildman–Crippen MR) is 575 cm³/mol. The van der Waals surface area contributed by atoms with E-state index in [1.165, 1.54) is 94.8 Å². The molecule has 16 aromatic rings. The number of nitrogens with zero attached hydrogens (tertiary/aromatic N) is 2. The van der Waals surface area contributed by atoms with Gasteiger partial charge in [0.15, 0.2) is 13.2 Å². The van der Waals surface area contributed by atoms with Crippen molar-refractivity contribution in [3.8, 4) is 175 Å². The Morgan fingerprint density at radius 2 is 0.678 bits per heavy atom. The molecule has 0 spiro atoms. The van der Waals surface area contributed by atoms with Crippen molar-refractivity contribution in [3.05, 3.63) is 348 Å². The topological polar surface area (TPSA) is 367 Å². The van der Waals surface area contributed by atoms with Crippen molar-refractivity contribution in [1.82, 2.24) is 4.90 Å². The third-order valence-corrected chi connectivity index (χ3v) is 31.9. The molecule has 0 unspecified atom stereocenters. The van der Waals surface area contributed by atoms with Crippen molar-refractivity contribution in [3.63, 3.8) is 0 Å². The molecule has 0 aromatic heterocycles. The number of phenolic OH excluding ortho intramolecular Hbond substituents is 4. The summed E-state index contributed by atoms with van der Waals surface area (Å²) in [6, 6.07) is 91.1. The van der Waals surface area contributed by atoms with Gasteiger partial charge in [0.2, 0.25) is 11.6 Å². The Bertz CT molecular complexity index is 8200. The summed E-state index contributed by atoms with van der Waals surface area (Å²) in [6.07, 6.45) is 0.909. The zero-order valence-corrected chi connectivity index (χ0v) is 86.6. The molecule has 1 atom stereocenters. The maximum absolute atomic E-state index is 12.3. The van der Waals surface area contributed by atoms with E-state index < -0.39 is 40.9 Å². The summed E-state index contributed by atoms with van der Waals surface area (Å²) >= 11 is 0. The number of Topliss-reactive ketones (excluding diaryl/α,β-unsaturated/α-hetero) is 2. The average molecular weight is 2080 g/mol. The van der Waals surface area contributed by atoms with Crippen molar-refractivity contribution in [2.45, 2.75) is 58.7 Å². The molecule has 28 nitrogen and oxygen atoms in total. The number of carbonyl (C=O) groups is 2. The van der Waals surface area contributed by atoms with Crippen LogP contribution in [0.4, 0.5) is 17.1 Å². The molecule has 0 saturated carbocycles. The molecule has 8 aliphatic rings. The van der Waals surface area contributed by atoms with Crippen molar-refractivity contribution < 1.29 is 112 Å². The van der Waals surface area contributed by atoms with E-state index in [1.54, 1.807) is 170 Å². The molecule has 6 N–H and O–H groups in total. The lowest BCUT2D eigenvalue weighted by Gasteiger charge is -2.29. The SMILES string of the molecule is CN1c2cc(O)ccc2-c2ccccc2S1(=O)=O.COc1ccc2c(c1)CN(C)Cc1cc(OC)ccc1-2.COc1ccc2c(c1)C[S@](=O)c1cc(OC)ccc1-2.COc1ccc2c(c1)NS(=O)(=O)c1cc(OC)ccc1-2.COc1ccc2c(c1)OCC(=O)c1cc(OC)ccc1-2.Cc1ccc2c(c1)CCOc1cc(O)ccc1-2.Cc1ccc2c(c1)OCC(=O)c1cc(O)ccc1-2.O=S1(=O)Nc2cc(O)ccc2-c2ccccc21. The van der Waals surface area contributed by atoms with Gasteiger partial charge in [-0.15, -0.1) is 0 Å². The first-order valence-electron chi connectivity index (χ1n) is 46.9. The number of methoxy groups -OCH3 is 8. The van der Waals surface area contributed by atoms with Gasteiger partial charge in [-0.25, -0.2) is 25.3 Å². The van der Waals surface area contributed by atoms with Crippen LogP contribution in [0.25, 0.3) is 89.0 Å². The van der Waals surface area contributed by atoms with Gasteiger partial charge in [0.1, 0.15) is 86.2 Å². The molecule has 762 valence electrons. The highest BCUT2D eigenvalue weighted by atomic mass is 32.2. The lowest BCUT2D eigenvalue weighted by atomic mass is 9.96. The quantitative estimate of drug-likeness (QED) is 0.0823. The van der Waals surface area contributed by atoms with Crippen LogP contribution in [0.5, 0.6) is 86.2 Å². The molecular weight excluding hydrogens is 1970 g/mol. The zero-order valence-electron chi connectivity index (χ0n) is 83.3. The summed E-state index contributed by atoms with van der Waals surface area (Å²) < 4.78 is 150. The lowest BCUT2D eigenvalue weighted by molar-refractivity contribution is 0.0918. The van der Waals surface area contributed by atoms with E-state index >= 15 is 0 Å². The van der Waals surface area contributed by atoms with E-state index in [1.807, 2.05) is 110 Å². The summed E-state index contributed by atoms with van der Waals surface area (Å²) in [5.41, 5.74) is 24.7. The van der Waals surface area contributed by atoms with Crippen LogP contribution in [-0.2, 0) is 66.1 Å². The van der Waals surface area contributed by atoms with Gasteiger partial charge in [0.05, 0.1) is 117 Å². The summed E-state index contributed by atoms with van der Waals surface area (Å²) in [7, 11) is 4.83. The minimum atomic E-state index is -3.60. The van der Waals surface area contributed by atoms with E-state index in [2.05, 4.69) is 70.8 Å². The molecular formula is C117H106N4O24S4. The molecule has 24 rings (SSSR count). The Morgan fingerprint density at radius 1 is 0.309 bits per heavy atom. The number of hydrogen-bond acceptors (Lipinski definition) is 25. The fourth-order valence-corrected chi connectivity index (χ4v) is 23.8. The van der Waals surface area contributed by atoms with E-state index in [0.717, 1.165) is 120 Å². The number of benzene rings is 16. The lowest BCUT2D eigenvalue weighted by Crippen LogP contribution is -2.30. The maximum Gasteiger partial charge on any atom is 0.264 e. The number of aromatic hydroxyl groups is 4. The van der Waals surface area contributed by atoms with Crippen LogP contribution in [-0.4, -0.2) is 157 Å². The number of ether oxygens (including phenoxy) is 11. The monoisotopic (exact) mass is 2080 g/mol. The van der Waals surface area contributed by atoms with Crippen LogP contribution < -0.4 is 65.9 Å². The largest absolute Gasteiger partial charge is 0.508 e. The molecule has 0 bridgehead atoms. The summed E-state index contributed by atoms with van der Waals surface area (Å²) in [5.74, 6) is 8.74. The molecule has 0 radical (unpaired) electrons. The van der Waals surface area contributed by atoms with E-state index in [0.29, 0.717) is 96.6 Å². The van der Waals surface area contributed by atoms with Crippen molar-refractivity contribution >= 4 is 69.5 Å². The molecule has 8 heterocycles. The van der Waals surface area contributed by atoms with Gasteiger partial charge in [-0.3, -0.25) is 32.4 Å². The highest BCUT2D eigenvalue weighted by Gasteiger charge is 2.35. The Balaban J connectivity index is 0.000000116. The van der Waals surface area contributed by atoms with Crippen LogP contribution >= 0.6 is 0 Å². The molecule has 8 aliphatic heterocycles. The van der Waals surface area contributed by atoms with Crippen molar-refractivity contribution in [1.29, 1.82) is 0 Å². The van der Waals surface area contributed by atoms with Gasteiger partial charge in [-0.2, -0.15) is 0 Å². The smallest absolute Gasteiger partial charge is 0.264 e. The number of anilines is 3. The highest BCUT2D eigenvalue weighted by Crippen LogP contribution is 2.49.